The van der Waals surface area contributed by atoms with Gasteiger partial charge in [-0.1, -0.05) is 72.1 Å². The van der Waals surface area contributed by atoms with Crippen molar-refractivity contribution in [2.24, 2.45) is 46.3 Å². The van der Waals surface area contributed by atoms with Gasteiger partial charge in [-0.05, 0) is 98.0 Å². The van der Waals surface area contributed by atoms with E-state index in [1.165, 1.54) is 51.4 Å². The maximum Gasteiger partial charge on any atom is 0.514 e. The third-order valence-corrected chi connectivity index (χ3v) is 12.4. The van der Waals surface area contributed by atoms with Crippen LogP contribution in [-0.2, 0) is 9.47 Å². The lowest BCUT2D eigenvalue weighted by Crippen LogP contribution is -2.59. The molecule has 4 heteroatoms. The topological polar surface area (TPSA) is 48.1 Å². The highest BCUT2D eigenvalue weighted by Crippen LogP contribution is 2.74. The Morgan fingerprint density at radius 1 is 1.00 bits per heavy atom. The third-order valence-electron chi connectivity index (χ3n) is 12.4. The van der Waals surface area contributed by atoms with Crippen molar-refractivity contribution in [1.29, 1.82) is 0 Å². The van der Waals surface area contributed by atoms with Gasteiger partial charge in [-0.25, -0.2) is 4.79 Å². The number of ether oxygens (including phenoxy) is 3. The lowest BCUT2D eigenvalue weighted by molar-refractivity contribution is -0.119. The number of epoxide rings is 1. The summed E-state index contributed by atoms with van der Waals surface area (Å²) in [5, 5.41) is 0. The molecule has 1 aliphatic heterocycles. The van der Waals surface area contributed by atoms with E-state index in [1.807, 2.05) is 18.2 Å². The number of benzene rings is 1. The highest BCUT2D eigenvalue weighted by molar-refractivity contribution is 5.64. The van der Waals surface area contributed by atoms with E-state index in [2.05, 4.69) is 34.6 Å². The van der Waals surface area contributed by atoms with Crippen LogP contribution in [0.4, 0.5) is 4.79 Å². The molecule has 1 unspecified atom stereocenters. The number of rotatable bonds is 7. The summed E-state index contributed by atoms with van der Waals surface area (Å²) in [5.74, 6) is 5.49. The highest BCUT2D eigenvalue weighted by atomic mass is 16.7. The average molecular weight is 523 g/mol. The van der Waals surface area contributed by atoms with Gasteiger partial charge in [0.15, 0.2) is 0 Å². The summed E-state index contributed by atoms with van der Waals surface area (Å²) in [6, 6.07) is 9.22. The van der Waals surface area contributed by atoms with Crippen LogP contribution in [0, 0.1) is 46.3 Å². The zero-order valence-electron chi connectivity index (χ0n) is 24.4. The quantitative estimate of drug-likeness (QED) is 0.204. The van der Waals surface area contributed by atoms with Crippen molar-refractivity contribution >= 4 is 6.16 Å². The Labute approximate surface area is 230 Å². The number of para-hydroxylation sites is 1. The van der Waals surface area contributed by atoms with E-state index in [0.29, 0.717) is 17.3 Å². The molecule has 38 heavy (non-hydrogen) atoms. The van der Waals surface area contributed by atoms with Crippen molar-refractivity contribution in [2.45, 2.75) is 123 Å². The Morgan fingerprint density at radius 3 is 2.55 bits per heavy atom. The maximum atomic E-state index is 12.5. The molecule has 210 valence electrons. The molecule has 1 spiro atoms. The Hall–Kier alpha value is -1.55. The summed E-state index contributed by atoms with van der Waals surface area (Å²) < 4.78 is 18.0. The van der Waals surface area contributed by atoms with Crippen LogP contribution in [0.5, 0.6) is 5.75 Å². The molecule has 1 saturated heterocycles. The second-order valence-corrected chi connectivity index (χ2v) is 14.7. The van der Waals surface area contributed by atoms with Crippen LogP contribution in [-0.4, -0.2) is 24.0 Å². The molecule has 1 aromatic rings. The van der Waals surface area contributed by atoms with E-state index in [9.17, 15) is 4.79 Å². The highest BCUT2D eigenvalue weighted by Gasteiger charge is 2.76. The van der Waals surface area contributed by atoms with E-state index in [0.717, 1.165) is 54.8 Å². The first-order chi connectivity index (χ1) is 18.2. The molecular formula is C34H50O4. The van der Waals surface area contributed by atoms with Gasteiger partial charge < -0.3 is 14.2 Å². The predicted molar refractivity (Wildman–Crippen MR) is 150 cm³/mol. The van der Waals surface area contributed by atoms with Crippen molar-refractivity contribution in [3.05, 3.63) is 30.3 Å². The smallest absolute Gasteiger partial charge is 0.431 e. The largest absolute Gasteiger partial charge is 0.514 e. The van der Waals surface area contributed by atoms with Gasteiger partial charge in [0.05, 0.1) is 6.10 Å². The molecule has 6 rings (SSSR count). The normalized spacial score (nSPS) is 43.8. The Kier molecular flexibility index (Phi) is 6.89. The van der Waals surface area contributed by atoms with Crippen molar-refractivity contribution in [1.82, 2.24) is 0 Å². The van der Waals surface area contributed by atoms with Crippen molar-refractivity contribution in [2.75, 3.05) is 0 Å². The third kappa shape index (κ3) is 4.32. The second-order valence-electron chi connectivity index (χ2n) is 14.7. The van der Waals surface area contributed by atoms with Gasteiger partial charge in [0.25, 0.3) is 0 Å². The molecule has 0 aromatic heterocycles. The number of hydrogen-bond acceptors (Lipinski definition) is 4. The first-order valence-corrected chi connectivity index (χ1v) is 15.8. The van der Waals surface area contributed by atoms with Crippen LogP contribution < -0.4 is 4.74 Å². The van der Waals surface area contributed by atoms with Crippen LogP contribution in [0.3, 0.4) is 0 Å². The fraction of sp³-hybridized carbons (Fsp3) is 0.794. The molecule has 0 radical (unpaired) electrons. The SMILES string of the molecule is CC(C)CCC[C@@H](C)[C@H]1CC[C@H]2[C@@H]3C[C@@H]4OC45C[C@@H](OC(=O)Oc4ccccc4)CC[C@]5(C)[C@H]3CC[C@]12C. The lowest BCUT2D eigenvalue weighted by atomic mass is 9.44. The Bertz CT molecular complexity index is 1010. The number of carbonyl (C=O) groups excluding carboxylic acids is 1. The van der Waals surface area contributed by atoms with Gasteiger partial charge >= 0.3 is 6.16 Å². The van der Waals surface area contributed by atoms with Gasteiger partial charge in [0, 0.05) is 11.8 Å². The van der Waals surface area contributed by atoms with E-state index in [1.54, 1.807) is 12.1 Å². The van der Waals surface area contributed by atoms with E-state index in [-0.39, 0.29) is 17.1 Å². The summed E-state index contributed by atoms with van der Waals surface area (Å²) in [6.07, 6.45) is 13.5. The second kappa shape index (κ2) is 9.82. The van der Waals surface area contributed by atoms with Gasteiger partial charge in [-0.2, -0.15) is 0 Å². The van der Waals surface area contributed by atoms with Crippen molar-refractivity contribution in [3.8, 4) is 5.75 Å². The minimum Gasteiger partial charge on any atom is -0.431 e. The maximum absolute atomic E-state index is 12.5. The minimum absolute atomic E-state index is 0.0972. The Morgan fingerprint density at radius 2 is 1.79 bits per heavy atom. The van der Waals surface area contributed by atoms with E-state index >= 15 is 0 Å². The minimum atomic E-state index is -0.583. The fourth-order valence-electron chi connectivity index (χ4n) is 10.5. The van der Waals surface area contributed by atoms with Gasteiger partial charge in [-0.15, -0.1) is 0 Å². The van der Waals surface area contributed by atoms with Crippen LogP contribution in [0.25, 0.3) is 0 Å². The molecule has 10 atom stereocenters. The zero-order valence-corrected chi connectivity index (χ0v) is 24.4. The summed E-state index contributed by atoms with van der Waals surface area (Å²) in [7, 11) is 0. The van der Waals surface area contributed by atoms with Gasteiger partial charge in [0.2, 0.25) is 0 Å². The monoisotopic (exact) mass is 522 g/mol. The van der Waals surface area contributed by atoms with Crippen LogP contribution in [0.15, 0.2) is 30.3 Å². The van der Waals surface area contributed by atoms with Crippen LogP contribution >= 0.6 is 0 Å². The molecule has 0 N–H and O–H groups in total. The molecule has 5 aliphatic rings. The first kappa shape index (κ1) is 26.7. The molecule has 4 aliphatic carbocycles. The lowest BCUT2D eigenvalue weighted by Gasteiger charge is -2.59. The first-order valence-electron chi connectivity index (χ1n) is 15.8. The van der Waals surface area contributed by atoms with Crippen molar-refractivity contribution < 1.29 is 19.0 Å². The van der Waals surface area contributed by atoms with Crippen molar-refractivity contribution in [3.63, 3.8) is 0 Å². The predicted octanol–water partition coefficient (Wildman–Crippen LogP) is 8.82. The molecule has 4 saturated carbocycles. The molecular weight excluding hydrogens is 472 g/mol. The molecule has 1 aromatic carbocycles. The van der Waals surface area contributed by atoms with Gasteiger partial charge in [0.1, 0.15) is 17.5 Å². The summed E-state index contributed by atoms with van der Waals surface area (Å²) in [6.45, 7) is 12.5. The molecule has 0 amide bonds. The number of carbonyl (C=O) groups is 1. The number of hydrogen-bond donors (Lipinski definition) is 0. The standard InChI is InChI=1S/C34H50O4/c1-22(2)10-9-11-23(3)27-14-15-28-26-20-30-34(38-30)21-25(37-31(35)36-24-12-7-6-8-13-24)16-19-33(34,5)29(26)17-18-32(27,28)4/h6-8,12-13,22-23,25-30H,9-11,14-21H2,1-5H3/t23-,25+,26+,27-,28+,29+,30+,32-,33-,34?/m1/s1. The molecule has 4 nitrogen and oxygen atoms in total. The molecule has 5 fully saturated rings. The summed E-state index contributed by atoms with van der Waals surface area (Å²) in [5.41, 5.74) is 0.608. The molecule has 1 heterocycles. The molecule has 0 bridgehead atoms. The van der Waals surface area contributed by atoms with Gasteiger partial charge in [-0.3, -0.25) is 0 Å². The zero-order chi connectivity index (χ0) is 26.7. The van der Waals surface area contributed by atoms with E-state index in [4.69, 9.17) is 14.2 Å². The van der Waals surface area contributed by atoms with E-state index < -0.39 is 6.16 Å². The summed E-state index contributed by atoms with van der Waals surface area (Å²) >= 11 is 0. The fourth-order valence-corrected chi connectivity index (χ4v) is 10.5. The Balaban J connectivity index is 1.11. The van der Waals surface area contributed by atoms with Crippen LogP contribution in [0.2, 0.25) is 0 Å². The summed E-state index contributed by atoms with van der Waals surface area (Å²) in [4.78, 5) is 12.5. The number of fused-ring (bicyclic) bond motifs is 4. The average Bonchev–Trinajstić information content (AvgIpc) is 3.45. The van der Waals surface area contributed by atoms with Crippen LogP contribution in [0.1, 0.15) is 105 Å².